The molecular formula is C34H39FN4O4S. The van der Waals surface area contributed by atoms with Gasteiger partial charge in [-0.2, -0.15) is 0 Å². The van der Waals surface area contributed by atoms with Crippen molar-refractivity contribution < 1.29 is 19.0 Å². The standard InChI is InChI=1S/C22H31N3OS.C12H8FNO3/c1-2-3-4-5-6-7-8-14-23-18-9-11-19(12-10-18)26-20-13-15-24-22-21(20)27-17-16-25-22;13-8-3-1-7(2-4-8)9-5-14-6-10(11(9)15)12(16)17/h9-13,15,23H,2-8,14,16-17H2,1H3,(H,24,25);1-6H,(H,14,15)(H,16,17). The van der Waals surface area contributed by atoms with Crippen LogP contribution in [0.1, 0.15) is 62.2 Å². The molecule has 44 heavy (non-hydrogen) atoms. The van der Waals surface area contributed by atoms with Crippen LogP contribution in [-0.2, 0) is 0 Å². The number of halogens is 1. The average molecular weight is 619 g/mol. The zero-order chi connectivity index (χ0) is 31.1. The number of aromatic carboxylic acids is 1. The molecule has 0 amide bonds. The van der Waals surface area contributed by atoms with Crippen molar-refractivity contribution in [2.75, 3.05) is 29.5 Å². The van der Waals surface area contributed by atoms with Crippen LogP contribution in [0.15, 0.2) is 82.9 Å². The number of nitrogens with one attached hydrogen (secondary N) is 3. The maximum atomic E-state index is 12.7. The van der Waals surface area contributed by atoms with Crippen LogP contribution in [0.2, 0.25) is 0 Å². The number of pyridine rings is 2. The first-order valence-corrected chi connectivity index (χ1v) is 16.0. The lowest BCUT2D eigenvalue weighted by molar-refractivity contribution is 0.0695. The molecule has 0 atom stereocenters. The summed E-state index contributed by atoms with van der Waals surface area (Å²) in [6, 6.07) is 15.4. The quantitative estimate of drug-likeness (QED) is 0.110. The summed E-state index contributed by atoms with van der Waals surface area (Å²) in [6.45, 7) is 4.25. The molecule has 1 aliphatic heterocycles. The van der Waals surface area contributed by atoms with E-state index in [9.17, 15) is 14.0 Å². The minimum atomic E-state index is -1.30. The Hall–Kier alpha value is -4.31. The molecule has 4 N–H and O–H groups in total. The third-order valence-corrected chi connectivity index (χ3v) is 8.12. The minimum Gasteiger partial charge on any atom is -0.477 e. The van der Waals surface area contributed by atoms with E-state index in [0.717, 1.165) is 52.9 Å². The number of carbonyl (C=O) groups is 1. The van der Waals surface area contributed by atoms with Crippen molar-refractivity contribution in [3.8, 4) is 22.6 Å². The molecule has 2 aromatic heterocycles. The highest BCUT2D eigenvalue weighted by Gasteiger charge is 2.16. The monoisotopic (exact) mass is 618 g/mol. The molecule has 0 fully saturated rings. The number of unbranched alkanes of at least 4 members (excludes halogenated alkanes) is 6. The van der Waals surface area contributed by atoms with Crippen molar-refractivity contribution in [1.29, 1.82) is 0 Å². The van der Waals surface area contributed by atoms with Gasteiger partial charge in [-0.25, -0.2) is 14.2 Å². The first kappa shape index (κ1) is 32.6. The van der Waals surface area contributed by atoms with Gasteiger partial charge in [0.2, 0.25) is 5.43 Å². The number of hydrogen-bond acceptors (Lipinski definition) is 7. The first-order valence-electron chi connectivity index (χ1n) is 15.0. The van der Waals surface area contributed by atoms with Gasteiger partial charge in [-0.3, -0.25) is 4.79 Å². The predicted octanol–water partition coefficient (Wildman–Crippen LogP) is 8.43. The van der Waals surface area contributed by atoms with E-state index in [4.69, 9.17) is 9.84 Å². The molecule has 8 nitrogen and oxygen atoms in total. The van der Waals surface area contributed by atoms with E-state index in [1.807, 2.05) is 18.2 Å². The van der Waals surface area contributed by atoms with Crippen LogP contribution in [0.25, 0.3) is 11.1 Å². The highest BCUT2D eigenvalue weighted by atomic mass is 32.2. The number of rotatable bonds is 13. The number of carboxylic acid groups (broad SMARTS) is 1. The van der Waals surface area contributed by atoms with Crippen molar-refractivity contribution in [2.24, 2.45) is 0 Å². The van der Waals surface area contributed by atoms with Gasteiger partial charge in [-0.15, -0.1) is 11.8 Å². The Labute approximate surface area is 261 Å². The fourth-order valence-electron chi connectivity index (χ4n) is 4.67. The number of thioether (sulfide) groups is 1. The molecule has 4 aromatic rings. The van der Waals surface area contributed by atoms with Gasteiger partial charge in [0.05, 0.1) is 4.90 Å². The van der Waals surface area contributed by atoms with Crippen LogP contribution in [0.3, 0.4) is 0 Å². The van der Waals surface area contributed by atoms with E-state index in [0.29, 0.717) is 5.56 Å². The maximum Gasteiger partial charge on any atom is 0.341 e. The Bertz CT molecular complexity index is 1540. The van der Waals surface area contributed by atoms with Crippen LogP contribution in [0.4, 0.5) is 15.9 Å². The highest BCUT2D eigenvalue weighted by Crippen LogP contribution is 2.39. The van der Waals surface area contributed by atoms with E-state index < -0.39 is 17.2 Å². The lowest BCUT2D eigenvalue weighted by atomic mass is 10.1. The summed E-state index contributed by atoms with van der Waals surface area (Å²) in [5.41, 5.74) is 0.886. The summed E-state index contributed by atoms with van der Waals surface area (Å²) in [5.74, 6) is 1.99. The zero-order valence-corrected chi connectivity index (χ0v) is 25.7. The summed E-state index contributed by atoms with van der Waals surface area (Å²) in [4.78, 5) is 30.7. The molecule has 0 unspecified atom stereocenters. The Morgan fingerprint density at radius 3 is 2.45 bits per heavy atom. The summed E-state index contributed by atoms with van der Waals surface area (Å²) in [7, 11) is 0. The minimum absolute atomic E-state index is 0.199. The van der Waals surface area contributed by atoms with Crippen LogP contribution in [0.5, 0.6) is 11.5 Å². The smallest absolute Gasteiger partial charge is 0.341 e. The number of aromatic nitrogens is 2. The second-order valence-electron chi connectivity index (χ2n) is 10.4. The van der Waals surface area contributed by atoms with Crippen molar-refractivity contribution in [3.63, 3.8) is 0 Å². The molecule has 0 aliphatic carbocycles. The number of H-pyrrole nitrogens is 1. The molecular weight excluding hydrogens is 579 g/mol. The topological polar surface area (TPSA) is 116 Å². The number of carboxylic acids is 1. The van der Waals surface area contributed by atoms with Gasteiger partial charge < -0.3 is 25.5 Å². The Balaban J connectivity index is 0.000000223. The van der Waals surface area contributed by atoms with E-state index in [2.05, 4.69) is 39.7 Å². The molecule has 0 saturated carbocycles. The maximum absolute atomic E-state index is 12.7. The molecule has 0 radical (unpaired) electrons. The van der Waals surface area contributed by atoms with Crippen LogP contribution >= 0.6 is 11.8 Å². The predicted molar refractivity (Wildman–Crippen MR) is 176 cm³/mol. The Morgan fingerprint density at radius 1 is 1.00 bits per heavy atom. The third-order valence-electron chi connectivity index (χ3n) is 7.03. The van der Waals surface area contributed by atoms with E-state index >= 15 is 0 Å². The normalized spacial score (nSPS) is 11.9. The largest absolute Gasteiger partial charge is 0.477 e. The van der Waals surface area contributed by atoms with Gasteiger partial charge in [0.25, 0.3) is 0 Å². The summed E-state index contributed by atoms with van der Waals surface area (Å²) in [6.07, 6.45) is 13.7. The molecule has 0 saturated heterocycles. The fraction of sp³-hybridized carbons (Fsp3) is 0.324. The molecule has 5 rings (SSSR count). The summed E-state index contributed by atoms with van der Waals surface area (Å²) >= 11 is 1.80. The summed E-state index contributed by atoms with van der Waals surface area (Å²) in [5, 5.41) is 15.6. The molecule has 10 heteroatoms. The Kier molecular flexibility index (Phi) is 12.7. The number of fused-ring (bicyclic) bond motifs is 1. The first-order chi connectivity index (χ1) is 21.5. The van der Waals surface area contributed by atoms with Crippen LogP contribution in [0, 0.1) is 5.82 Å². The average Bonchev–Trinajstić information content (AvgIpc) is 3.04. The molecule has 1 aliphatic rings. The second-order valence-corrected chi connectivity index (χ2v) is 11.5. The van der Waals surface area contributed by atoms with Gasteiger partial charge in [0.1, 0.15) is 28.7 Å². The second kappa shape index (κ2) is 17.1. The number of nitrogens with zero attached hydrogens (tertiary/aromatic N) is 1. The van der Waals surface area contributed by atoms with Crippen molar-refractivity contribution in [2.45, 2.75) is 56.8 Å². The zero-order valence-electron chi connectivity index (χ0n) is 24.9. The van der Waals surface area contributed by atoms with Crippen LogP contribution in [-0.4, -0.2) is 39.9 Å². The molecule has 0 bridgehead atoms. The fourth-order valence-corrected chi connectivity index (χ4v) is 5.59. The molecule has 2 aromatic carbocycles. The molecule has 232 valence electrons. The third kappa shape index (κ3) is 9.60. The van der Waals surface area contributed by atoms with Gasteiger partial charge in [0.15, 0.2) is 0 Å². The van der Waals surface area contributed by atoms with Crippen molar-refractivity contribution in [3.05, 3.63) is 94.8 Å². The van der Waals surface area contributed by atoms with Gasteiger partial charge in [-0.1, -0.05) is 57.6 Å². The molecule has 3 heterocycles. The van der Waals surface area contributed by atoms with Gasteiger partial charge in [0, 0.05) is 54.8 Å². The Morgan fingerprint density at radius 2 is 1.73 bits per heavy atom. The SMILES string of the molecule is CCCCCCCCCNc1ccc(Oc2ccnc3c2SCCN3)cc1.O=C(O)c1c[nH]cc(-c2ccc(F)cc2)c1=O. The number of aromatic amines is 1. The number of anilines is 2. The van der Waals surface area contributed by atoms with Crippen molar-refractivity contribution >= 4 is 29.2 Å². The molecule has 0 spiro atoms. The number of benzene rings is 2. The summed E-state index contributed by atoms with van der Waals surface area (Å²) < 4.78 is 18.8. The lowest BCUT2D eigenvalue weighted by Crippen LogP contribution is -2.16. The van der Waals surface area contributed by atoms with Crippen molar-refractivity contribution in [1.82, 2.24) is 9.97 Å². The van der Waals surface area contributed by atoms with E-state index in [1.165, 1.54) is 75.4 Å². The van der Waals surface area contributed by atoms with E-state index in [1.54, 1.807) is 18.0 Å². The van der Waals surface area contributed by atoms with Crippen LogP contribution < -0.4 is 20.8 Å². The van der Waals surface area contributed by atoms with Gasteiger partial charge in [-0.05, 0) is 48.4 Å². The van der Waals surface area contributed by atoms with E-state index in [-0.39, 0.29) is 11.1 Å². The highest BCUT2D eigenvalue weighted by molar-refractivity contribution is 7.99. The van der Waals surface area contributed by atoms with Gasteiger partial charge >= 0.3 is 5.97 Å². The number of ether oxygens (including phenoxy) is 1. The number of hydrogen-bond donors (Lipinski definition) is 4. The lowest BCUT2D eigenvalue weighted by Gasteiger charge is -2.19.